The summed E-state index contributed by atoms with van der Waals surface area (Å²) in [6.45, 7) is 8.12. The van der Waals surface area contributed by atoms with Gasteiger partial charge in [-0.05, 0) is 51.0 Å². The zero-order valence-corrected chi connectivity index (χ0v) is 13.2. The largest absolute Gasteiger partial charge is 0.381 e. The molecule has 3 atom stereocenters. The van der Waals surface area contributed by atoms with Crippen LogP contribution < -0.4 is 5.32 Å². The Hall–Kier alpha value is -0.120. The minimum Gasteiger partial charge on any atom is -0.381 e. The van der Waals surface area contributed by atoms with E-state index < -0.39 is 0 Å². The molecule has 20 heavy (non-hydrogen) atoms. The Bertz CT molecular complexity index is 285. The Labute approximate surface area is 124 Å². The van der Waals surface area contributed by atoms with Crippen LogP contribution in [0.1, 0.15) is 51.9 Å². The summed E-state index contributed by atoms with van der Waals surface area (Å²) in [5.41, 5.74) is 0. The van der Waals surface area contributed by atoms with Gasteiger partial charge in [-0.15, -0.1) is 0 Å². The average molecular weight is 280 g/mol. The van der Waals surface area contributed by atoms with Gasteiger partial charge in [0, 0.05) is 31.8 Å². The third kappa shape index (κ3) is 3.75. The van der Waals surface area contributed by atoms with Crippen molar-refractivity contribution in [1.29, 1.82) is 0 Å². The molecule has 1 saturated carbocycles. The average Bonchev–Trinajstić information content (AvgIpc) is 2.92. The minimum atomic E-state index is 0.733. The maximum absolute atomic E-state index is 5.57. The van der Waals surface area contributed by atoms with E-state index in [0.717, 1.165) is 37.1 Å². The second-order valence-corrected chi connectivity index (χ2v) is 7.28. The summed E-state index contributed by atoms with van der Waals surface area (Å²) in [6, 6.07) is 1.47. The van der Waals surface area contributed by atoms with Gasteiger partial charge in [-0.25, -0.2) is 0 Å². The first-order valence-corrected chi connectivity index (χ1v) is 8.88. The van der Waals surface area contributed by atoms with Crippen molar-refractivity contribution in [2.45, 2.75) is 64.0 Å². The topological polar surface area (TPSA) is 24.5 Å². The molecule has 0 bridgehead atoms. The minimum absolute atomic E-state index is 0.733. The van der Waals surface area contributed by atoms with Crippen molar-refractivity contribution in [3.05, 3.63) is 0 Å². The second kappa shape index (κ2) is 7.24. The van der Waals surface area contributed by atoms with Crippen molar-refractivity contribution in [2.75, 3.05) is 32.8 Å². The Morgan fingerprint density at radius 1 is 1.10 bits per heavy atom. The number of ether oxygens (including phenoxy) is 1. The Balaban J connectivity index is 1.58. The first-order valence-electron chi connectivity index (χ1n) is 8.88. The summed E-state index contributed by atoms with van der Waals surface area (Å²) in [5.74, 6) is 1.71. The quantitative estimate of drug-likeness (QED) is 0.860. The normalized spacial score (nSPS) is 38.0. The first kappa shape index (κ1) is 14.8. The summed E-state index contributed by atoms with van der Waals surface area (Å²) >= 11 is 0. The molecule has 0 radical (unpaired) electrons. The first-order chi connectivity index (χ1) is 9.83. The molecule has 0 amide bonds. The third-order valence-electron chi connectivity index (χ3n) is 5.76. The number of nitrogens with one attached hydrogen (secondary N) is 1. The van der Waals surface area contributed by atoms with E-state index in [-0.39, 0.29) is 0 Å². The van der Waals surface area contributed by atoms with Crippen molar-refractivity contribution < 1.29 is 4.74 Å². The Morgan fingerprint density at radius 3 is 2.70 bits per heavy atom. The zero-order chi connectivity index (χ0) is 13.8. The molecule has 3 rings (SSSR count). The third-order valence-corrected chi connectivity index (χ3v) is 5.76. The van der Waals surface area contributed by atoms with Crippen LogP contribution in [-0.4, -0.2) is 49.8 Å². The SMILES string of the molecule is CC1CCNC(C2CCCCC2)CN1CC1CCOC1. The van der Waals surface area contributed by atoms with Gasteiger partial charge in [0.05, 0.1) is 6.61 Å². The highest BCUT2D eigenvalue weighted by Gasteiger charge is 2.31. The van der Waals surface area contributed by atoms with Gasteiger partial charge < -0.3 is 10.1 Å². The van der Waals surface area contributed by atoms with Crippen molar-refractivity contribution in [1.82, 2.24) is 10.2 Å². The molecule has 3 nitrogen and oxygen atoms in total. The predicted octanol–water partition coefficient (Wildman–Crippen LogP) is 2.66. The standard InChI is InChI=1S/C17H32N2O/c1-14-7-9-18-17(16-5-3-2-4-6-16)12-19(14)11-15-8-10-20-13-15/h14-18H,2-13H2,1H3. The molecular formula is C17H32N2O. The lowest BCUT2D eigenvalue weighted by molar-refractivity contribution is 0.134. The van der Waals surface area contributed by atoms with Gasteiger partial charge in [0.25, 0.3) is 0 Å². The van der Waals surface area contributed by atoms with Crippen LogP contribution in [0.4, 0.5) is 0 Å². The summed E-state index contributed by atoms with van der Waals surface area (Å²) in [4.78, 5) is 2.76. The lowest BCUT2D eigenvalue weighted by Crippen LogP contribution is -2.46. The lowest BCUT2D eigenvalue weighted by atomic mass is 9.83. The highest BCUT2D eigenvalue weighted by Crippen LogP contribution is 2.28. The molecule has 2 aliphatic heterocycles. The van der Waals surface area contributed by atoms with Gasteiger partial charge in [0.2, 0.25) is 0 Å². The lowest BCUT2D eigenvalue weighted by Gasteiger charge is -2.35. The Morgan fingerprint density at radius 2 is 1.95 bits per heavy atom. The van der Waals surface area contributed by atoms with E-state index in [1.54, 1.807) is 0 Å². The summed E-state index contributed by atoms with van der Waals surface area (Å²) < 4.78 is 5.57. The molecule has 0 aromatic rings. The second-order valence-electron chi connectivity index (χ2n) is 7.28. The van der Waals surface area contributed by atoms with Crippen molar-refractivity contribution in [3.8, 4) is 0 Å². The van der Waals surface area contributed by atoms with Crippen LogP contribution in [0, 0.1) is 11.8 Å². The van der Waals surface area contributed by atoms with Gasteiger partial charge in [-0.3, -0.25) is 4.90 Å². The molecule has 3 aliphatic rings. The van der Waals surface area contributed by atoms with Crippen molar-refractivity contribution >= 4 is 0 Å². The van der Waals surface area contributed by atoms with Gasteiger partial charge in [-0.2, -0.15) is 0 Å². The molecule has 3 unspecified atom stereocenters. The van der Waals surface area contributed by atoms with E-state index in [9.17, 15) is 0 Å². The summed E-state index contributed by atoms with van der Waals surface area (Å²) in [5, 5.41) is 3.86. The molecule has 2 heterocycles. The molecule has 3 fully saturated rings. The van der Waals surface area contributed by atoms with E-state index in [1.165, 1.54) is 64.6 Å². The molecule has 1 N–H and O–H groups in total. The van der Waals surface area contributed by atoms with Crippen LogP contribution in [0.5, 0.6) is 0 Å². The fourth-order valence-electron chi connectivity index (χ4n) is 4.32. The van der Waals surface area contributed by atoms with E-state index in [1.807, 2.05) is 0 Å². The van der Waals surface area contributed by atoms with Crippen LogP contribution >= 0.6 is 0 Å². The highest BCUT2D eigenvalue weighted by atomic mass is 16.5. The number of hydrogen-bond donors (Lipinski definition) is 1. The van der Waals surface area contributed by atoms with E-state index in [2.05, 4.69) is 17.1 Å². The zero-order valence-electron chi connectivity index (χ0n) is 13.2. The van der Waals surface area contributed by atoms with Crippen LogP contribution in [0.3, 0.4) is 0 Å². The monoisotopic (exact) mass is 280 g/mol. The highest BCUT2D eigenvalue weighted by molar-refractivity contribution is 4.88. The molecular weight excluding hydrogens is 248 g/mol. The van der Waals surface area contributed by atoms with Crippen LogP contribution in [0.25, 0.3) is 0 Å². The number of rotatable bonds is 3. The van der Waals surface area contributed by atoms with Gasteiger partial charge >= 0.3 is 0 Å². The predicted molar refractivity (Wildman–Crippen MR) is 82.9 cm³/mol. The van der Waals surface area contributed by atoms with Crippen molar-refractivity contribution in [3.63, 3.8) is 0 Å². The van der Waals surface area contributed by atoms with Crippen LogP contribution in [0.2, 0.25) is 0 Å². The Kier molecular flexibility index (Phi) is 5.36. The number of hydrogen-bond acceptors (Lipinski definition) is 3. The summed E-state index contributed by atoms with van der Waals surface area (Å²) in [6.07, 6.45) is 9.84. The van der Waals surface area contributed by atoms with Crippen LogP contribution in [0.15, 0.2) is 0 Å². The molecule has 0 aromatic heterocycles. The molecule has 0 aromatic carbocycles. The number of nitrogens with zero attached hydrogens (tertiary/aromatic N) is 1. The fraction of sp³-hybridized carbons (Fsp3) is 1.00. The molecule has 3 heteroatoms. The van der Waals surface area contributed by atoms with E-state index in [4.69, 9.17) is 4.74 Å². The molecule has 0 spiro atoms. The molecule has 116 valence electrons. The molecule has 2 saturated heterocycles. The van der Waals surface area contributed by atoms with Gasteiger partial charge in [0.1, 0.15) is 0 Å². The summed E-state index contributed by atoms with van der Waals surface area (Å²) in [7, 11) is 0. The maximum atomic E-state index is 5.57. The van der Waals surface area contributed by atoms with E-state index in [0.29, 0.717) is 0 Å². The maximum Gasteiger partial charge on any atom is 0.0507 e. The molecule has 1 aliphatic carbocycles. The van der Waals surface area contributed by atoms with Crippen molar-refractivity contribution in [2.24, 2.45) is 11.8 Å². The van der Waals surface area contributed by atoms with Gasteiger partial charge in [0.15, 0.2) is 0 Å². The smallest absolute Gasteiger partial charge is 0.0507 e. The fourth-order valence-corrected chi connectivity index (χ4v) is 4.32. The van der Waals surface area contributed by atoms with Gasteiger partial charge in [-0.1, -0.05) is 19.3 Å². The van der Waals surface area contributed by atoms with E-state index >= 15 is 0 Å². The van der Waals surface area contributed by atoms with Crippen LogP contribution in [-0.2, 0) is 4.74 Å².